The van der Waals surface area contributed by atoms with Gasteiger partial charge in [0, 0.05) is 12.2 Å². The van der Waals surface area contributed by atoms with E-state index in [1.807, 2.05) is 30.3 Å². The molecule has 0 bridgehead atoms. The lowest BCUT2D eigenvalue weighted by atomic mass is 10.1. The number of anilines is 1. The van der Waals surface area contributed by atoms with E-state index in [-0.39, 0.29) is 24.4 Å². The molecule has 3 rings (SSSR count). The zero-order chi connectivity index (χ0) is 25.4. The predicted molar refractivity (Wildman–Crippen MR) is 135 cm³/mol. The molecule has 0 fully saturated rings. The molecule has 0 atom stereocenters. The van der Waals surface area contributed by atoms with Gasteiger partial charge in [-0.05, 0) is 60.4 Å². The molecule has 0 aromatic heterocycles. The molecular formula is C26H29N3O5S. The fraction of sp³-hybridized carbons (Fsp3) is 0.231. The van der Waals surface area contributed by atoms with Crippen LogP contribution in [0.3, 0.4) is 0 Å². The number of benzene rings is 3. The number of hydrogen-bond acceptors (Lipinski definition) is 5. The van der Waals surface area contributed by atoms with Gasteiger partial charge in [0.15, 0.2) is 0 Å². The first-order chi connectivity index (χ1) is 16.7. The number of nitrogens with two attached hydrogens (primary N) is 1. The number of primary amides is 1. The van der Waals surface area contributed by atoms with Crippen molar-refractivity contribution in [2.75, 3.05) is 25.5 Å². The summed E-state index contributed by atoms with van der Waals surface area (Å²) in [6, 6.07) is 20.8. The molecule has 3 aromatic rings. The number of ether oxygens (including phenoxy) is 1. The van der Waals surface area contributed by atoms with Crippen LogP contribution in [-0.2, 0) is 32.5 Å². The molecule has 0 heterocycles. The number of nitrogens with one attached hydrogen (secondary N) is 1. The van der Waals surface area contributed by atoms with Gasteiger partial charge in [0.25, 0.3) is 0 Å². The van der Waals surface area contributed by atoms with E-state index in [1.54, 1.807) is 43.3 Å². The molecule has 0 unspecified atom stereocenters. The second-order valence-electron chi connectivity index (χ2n) is 8.09. The normalized spacial score (nSPS) is 11.3. The SMILES string of the molecule is COc1ccc(S(=O)(=O)N(CCc2ccccc2)CC(=O)Nc2ccc(CC(N)=O)cc2)cc1C. The van der Waals surface area contributed by atoms with Crippen LogP contribution in [0.25, 0.3) is 0 Å². The number of hydrogen-bond donors (Lipinski definition) is 2. The number of sulfonamides is 1. The summed E-state index contributed by atoms with van der Waals surface area (Å²) < 4.78 is 33.4. The van der Waals surface area contributed by atoms with Crippen LogP contribution in [0.5, 0.6) is 5.75 Å². The van der Waals surface area contributed by atoms with E-state index < -0.39 is 21.8 Å². The van der Waals surface area contributed by atoms with E-state index >= 15 is 0 Å². The van der Waals surface area contributed by atoms with Gasteiger partial charge in [0.1, 0.15) is 5.75 Å². The van der Waals surface area contributed by atoms with E-state index in [9.17, 15) is 18.0 Å². The zero-order valence-electron chi connectivity index (χ0n) is 19.7. The van der Waals surface area contributed by atoms with Gasteiger partial charge >= 0.3 is 0 Å². The van der Waals surface area contributed by atoms with Gasteiger partial charge in [0.05, 0.1) is 25.0 Å². The highest BCUT2D eigenvalue weighted by Crippen LogP contribution is 2.24. The molecule has 0 aliphatic rings. The number of aryl methyl sites for hydroxylation is 1. The number of nitrogens with zero attached hydrogens (tertiary/aromatic N) is 1. The summed E-state index contributed by atoms with van der Waals surface area (Å²) in [6.45, 7) is 1.53. The lowest BCUT2D eigenvalue weighted by Crippen LogP contribution is -2.39. The Morgan fingerprint density at radius 2 is 1.66 bits per heavy atom. The van der Waals surface area contributed by atoms with E-state index in [0.717, 1.165) is 11.1 Å². The van der Waals surface area contributed by atoms with Crippen molar-refractivity contribution in [2.24, 2.45) is 5.73 Å². The van der Waals surface area contributed by atoms with Crippen molar-refractivity contribution in [1.82, 2.24) is 4.31 Å². The van der Waals surface area contributed by atoms with Gasteiger partial charge in [0.2, 0.25) is 21.8 Å². The highest BCUT2D eigenvalue weighted by molar-refractivity contribution is 7.89. The van der Waals surface area contributed by atoms with Crippen LogP contribution in [0.15, 0.2) is 77.7 Å². The third-order valence-corrected chi connectivity index (χ3v) is 7.27. The highest BCUT2D eigenvalue weighted by Gasteiger charge is 2.27. The summed E-state index contributed by atoms with van der Waals surface area (Å²) in [7, 11) is -2.44. The van der Waals surface area contributed by atoms with Crippen molar-refractivity contribution in [3.63, 3.8) is 0 Å². The molecule has 0 radical (unpaired) electrons. The maximum atomic E-state index is 13.5. The van der Waals surface area contributed by atoms with Gasteiger partial charge < -0.3 is 15.8 Å². The van der Waals surface area contributed by atoms with Gasteiger partial charge in [-0.1, -0.05) is 42.5 Å². The smallest absolute Gasteiger partial charge is 0.243 e. The zero-order valence-corrected chi connectivity index (χ0v) is 20.5. The molecule has 9 heteroatoms. The summed E-state index contributed by atoms with van der Waals surface area (Å²) >= 11 is 0. The average Bonchev–Trinajstić information content (AvgIpc) is 2.83. The molecule has 3 N–H and O–H groups in total. The molecule has 2 amide bonds. The molecule has 0 spiro atoms. The Bertz CT molecular complexity index is 1280. The molecule has 0 saturated heterocycles. The molecule has 0 saturated carbocycles. The lowest BCUT2D eigenvalue weighted by Gasteiger charge is -2.22. The van der Waals surface area contributed by atoms with Crippen molar-refractivity contribution in [2.45, 2.75) is 24.7 Å². The second kappa shape index (κ2) is 11.6. The Hall–Kier alpha value is -3.69. The van der Waals surface area contributed by atoms with E-state index in [4.69, 9.17) is 10.5 Å². The fourth-order valence-corrected chi connectivity index (χ4v) is 5.09. The van der Waals surface area contributed by atoms with Crippen molar-refractivity contribution in [3.8, 4) is 5.75 Å². The Kier molecular flexibility index (Phi) is 8.62. The molecule has 3 aromatic carbocycles. The predicted octanol–water partition coefficient (Wildman–Crippen LogP) is 2.90. The van der Waals surface area contributed by atoms with Crippen LogP contribution in [0.4, 0.5) is 5.69 Å². The van der Waals surface area contributed by atoms with Crippen LogP contribution >= 0.6 is 0 Å². The van der Waals surface area contributed by atoms with Crippen LogP contribution in [-0.4, -0.2) is 44.7 Å². The number of methoxy groups -OCH3 is 1. The summed E-state index contributed by atoms with van der Waals surface area (Å²) in [5, 5.41) is 2.72. The Balaban J connectivity index is 1.80. The maximum Gasteiger partial charge on any atom is 0.243 e. The summed E-state index contributed by atoms with van der Waals surface area (Å²) in [5.41, 5.74) is 8.05. The molecule has 184 valence electrons. The Morgan fingerprint density at radius 1 is 0.971 bits per heavy atom. The van der Waals surface area contributed by atoms with Crippen LogP contribution in [0, 0.1) is 6.92 Å². The summed E-state index contributed by atoms with van der Waals surface area (Å²) in [6.07, 6.45) is 0.547. The van der Waals surface area contributed by atoms with E-state index in [0.29, 0.717) is 23.4 Å². The largest absolute Gasteiger partial charge is 0.496 e. The molecule has 35 heavy (non-hydrogen) atoms. The average molecular weight is 496 g/mol. The van der Waals surface area contributed by atoms with Crippen LogP contribution in [0.2, 0.25) is 0 Å². The van der Waals surface area contributed by atoms with Crippen molar-refractivity contribution in [1.29, 1.82) is 0 Å². The van der Waals surface area contributed by atoms with Crippen LogP contribution < -0.4 is 15.8 Å². The van der Waals surface area contributed by atoms with Gasteiger partial charge in [-0.3, -0.25) is 9.59 Å². The van der Waals surface area contributed by atoms with Gasteiger partial charge in [-0.15, -0.1) is 0 Å². The minimum absolute atomic E-state index is 0.0902. The van der Waals surface area contributed by atoms with E-state index in [2.05, 4.69) is 5.32 Å². The van der Waals surface area contributed by atoms with Crippen molar-refractivity contribution >= 4 is 27.5 Å². The topological polar surface area (TPSA) is 119 Å². The first-order valence-corrected chi connectivity index (χ1v) is 12.5. The second-order valence-corrected chi connectivity index (χ2v) is 10.0. The first-order valence-electron chi connectivity index (χ1n) is 11.0. The quantitative estimate of drug-likeness (QED) is 0.424. The molecule has 8 nitrogen and oxygen atoms in total. The third-order valence-electron chi connectivity index (χ3n) is 5.43. The number of carbonyl (C=O) groups excluding carboxylic acids is 2. The first kappa shape index (κ1) is 25.9. The van der Waals surface area contributed by atoms with Gasteiger partial charge in [-0.2, -0.15) is 4.31 Å². The maximum absolute atomic E-state index is 13.5. The minimum atomic E-state index is -3.96. The van der Waals surface area contributed by atoms with Crippen molar-refractivity contribution in [3.05, 3.63) is 89.5 Å². The third kappa shape index (κ3) is 7.14. The lowest BCUT2D eigenvalue weighted by molar-refractivity contribution is -0.117. The van der Waals surface area contributed by atoms with Crippen LogP contribution in [0.1, 0.15) is 16.7 Å². The number of carbonyl (C=O) groups is 2. The summed E-state index contributed by atoms with van der Waals surface area (Å²) in [5.74, 6) is -0.346. The number of amides is 2. The number of rotatable bonds is 11. The summed E-state index contributed by atoms with van der Waals surface area (Å²) in [4.78, 5) is 24.0. The van der Waals surface area contributed by atoms with E-state index in [1.165, 1.54) is 17.5 Å². The Labute approximate surface area is 205 Å². The fourth-order valence-electron chi connectivity index (χ4n) is 3.61. The monoisotopic (exact) mass is 495 g/mol. The molecular weight excluding hydrogens is 466 g/mol. The Morgan fingerprint density at radius 3 is 2.26 bits per heavy atom. The molecule has 0 aliphatic carbocycles. The highest BCUT2D eigenvalue weighted by atomic mass is 32.2. The molecule has 0 aliphatic heterocycles. The minimum Gasteiger partial charge on any atom is -0.496 e. The van der Waals surface area contributed by atoms with Gasteiger partial charge in [-0.25, -0.2) is 8.42 Å². The standard InChI is InChI=1S/C26H29N3O5S/c1-19-16-23(12-13-24(19)34-2)35(32,33)29(15-14-20-6-4-3-5-7-20)18-26(31)28-22-10-8-21(9-11-22)17-25(27)30/h3-13,16H,14-15,17-18H2,1-2H3,(H2,27,30)(H,28,31). The van der Waals surface area contributed by atoms with Crippen molar-refractivity contribution < 1.29 is 22.7 Å².